The number of benzene rings is 2. The van der Waals surface area contributed by atoms with Crippen molar-refractivity contribution in [3.63, 3.8) is 0 Å². The van der Waals surface area contributed by atoms with Crippen LogP contribution in [0.25, 0.3) is 11.4 Å². The van der Waals surface area contributed by atoms with Crippen molar-refractivity contribution in [2.75, 3.05) is 45.3 Å². The molecule has 0 amide bonds. The highest BCUT2D eigenvalue weighted by molar-refractivity contribution is 7.89. The monoisotopic (exact) mass is 444 g/mol. The molecule has 0 N–H and O–H groups in total. The number of rotatable bonds is 6. The normalized spacial score (nSPS) is 15.1. The molecule has 164 valence electrons. The van der Waals surface area contributed by atoms with Crippen LogP contribution in [-0.2, 0) is 10.0 Å². The second kappa shape index (κ2) is 8.56. The smallest absolute Gasteiger partial charge is 0.243 e. The fourth-order valence-corrected chi connectivity index (χ4v) is 4.99. The van der Waals surface area contributed by atoms with Crippen molar-refractivity contribution in [2.45, 2.75) is 11.8 Å². The maximum atomic E-state index is 13.1. The Morgan fingerprint density at radius 1 is 0.935 bits per heavy atom. The van der Waals surface area contributed by atoms with E-state index in [1.54, 1.807) is 19.1 Å². The van der Waals surface area contributed by atoms with E-state index in [-0.39, 0.29) is 4.90 Å². The molecule has 10 heteroatoms. The molecule has 1 saturated heterocycles. The summed E-state index contributed by atoms with van der Waals surface area (Å²) < 4.78 is 43.1. The van der Waals surface area contributed by atoms with Crippen LogP contribution in [0.4, 0.5) is 5.69 Å². The highest BCUT2D eigenvalue weighted by Crippen LogP contribution is 2.31. The average molecular weight is 445 g/mol. The summed E-state index contributed by atoms with van der Waals surface area (Å²) in [5.74, 6) is 1.95. The van der Waals surface area contributed by atoms with Gasteiger partial charge in [0.1, 0.15) is 0 Å². The Bertz CT molecular complexity index is 1150. The summed E-state index contributed by atoms with van der Waals surface area (Å²) in [5.41, 5.74) is 1.89. The van der Waals surface area contributed by atoms with Crippen molar-refractivity contribution in [1.29, 1.82) is 0 Å². The Hall–Kier alpha value is -3.11. The van der Waals surface area contributed by atoms with Crippen LogP contribution in [0.1, 0.15) is 5.89 Å². The number of hydrogen-bond acceptors (Lipinski definition) is 8. The molecule has 0 spiro atoms. The van der Waals surface area contributed by atoms with Crippen LogP contribution in [0, 0.1) is 6.92 Å². The topological polar surface area (TPSA) is 98.0 Å². The third-order valence-corrected chi connectivity index (χ3v) is 7.14. The van der Waals surface area contributed by atoms with Crippen LogP contribution in [0.5, 0.6) is 11.5 Å². The Kier molecular flexibility index (Phi) is 5.84. The summed E-state index contributed by atoms with van der Waals surface area (Å²) >= 11 is 0. The van der Waals surface area contributed by atoms with Crippen molar-refractivity contribution in [3.8, 4) is 22.9 Å². The maximum Gasteiger partial charge on any atom is 0.243 e. The third kappa shape index (κ3) is 4.21. The predicted molar refractivity (Wildman–Crippen MR) is 115 cm³/mol. The van der Waals surface area contributed by atoms with Gasteiger partial charge in [-0.3, -0.25) is 0 Å². The van der Waals surface area contributed by atoms with E-state index in [4.69, 9.17) is 14.0 Å². The molecule has 0 unspecified atom stereocenters. The first kappa shape index (κ1) is 21.1. The Balaban J connectivity index is 1.44. The molecule has 2 heterocycles. The first-order valence-corrected chi connectivity index (χ1v) is 11.2. The minimum atomic E-state index is -3.62. The van der Waals surface area contributed by atoms with Crippen molar-refractivity contribution in [1.82, 2.24) is 14.4 Å². The molecule has 0 bridgehead atoms. The number of nitrogens with zero attached hydrogens (tertiary/aromatic N) is 4. The molecule has 31 heavy (non-hydrogen) atoms. The number of piperazine rings is 1. The zero-order chi connectivity index (χ0) is 22.0. The lowest BCUT2D eigenvalue weighted by atomic mass is 10.1. The lowest BCUT2D eigenvalue weighted by Crippen LogP contribution is -2.48. The lowest BCUT2D eigenvalue weighted by Gasteiger charge is -2.35. The molecule has 0 saturated carbocycles. The van der Waals surface area contributed by atoms with Crippen LogP contribution in [0.15, 0.2) is 51.9 Å². The second-order valence-electron chi connectivity index (χ2n) is 7.09. The van der Waals surface area contributed by atoms with Gasteiger partial charge in [0.15, 0.2) is 11.5 Å². The van der Waals surface area contributed by atoms with Gasteiger partial charge in [0, 0.05) is 50.4 Å². The van der Waals surface area contributed by atoms with E-state index in [1.807, 2.05) is 24.3 Å². The summed E-state index contributed by atoms with van der Waals surface area (Å²) in [6.07, 6.45) is 0. The van der Waals surface area contributed by atoms with Crippen LogP contribution < -0.4 is 14.4 Å². The largest absolute Gasteiger partial charge is 0.493 e. The van der Waals surface area contributed by atoms with E-state index in [0.717, 1.165) is 11.3 Å². The first-order chi connectivity index (χ1) is 14.9. The average Bonchev–Trinajstić information content (AvgIpc) is 3.25. The molecule has 1 aliphatic heterocycles. The molecule has 4 rings (SSSR count). The number of hydrogen-bond donors (Lipinski definition) is 0. The van der Waals surface area contributed by atoms with Gasteiger partial charge in [0.05, 0.1) is 19.1 Å². The number of methoxy groups -OCH3 is 2. The predicted octanol–water partition coefficient (Wildman–Crippen LogP) is 2.57. The van der Waals surface area contributed by atoms with E-state index in [2.05, 4.69) is 15.0 Å². The van der Waals surface area contributed by atoms with Gasteiger partial charge in [-0.2, -0.15) is 9.29 Å². The van der Waals surface area contributed by atoms with Crippen molar-refractivity contribution in [2.24, 2.45) is 0 Å². The van der Waals surface area contributed by atoms with Gasteiger partial charge in [-0.05, 0) is 36.4 Å². The zero-order valence-electron chi connectivity index (χ0n) is 17.6. The van der Waals surface area contributed by atoms with Gasteiger partial charge in [-0.1, -0.05) is 5.16 Å². The summed E-state index contributed by atoms with van der Waals surface area (Å²) in [5, 5.41) is 3.93. The SMILES string of the molecule is COc1ccc(S(=O)(=O)N2CCN(c3ccc(-c4noc(C)n4)cc3)CC2)cc1OC. The Labute approximate surface area is 181 Å². The van der Waals surface area contributed by atoms with Crippen LogP contribution >= 0.6 is 0 Å². The molecular weight excluding hydrogens is 420 g/mol. The fraction of sp³-hybridized carbons (Fsp3) is 0.333. The molecule has 0 aliphatic carbocycles. The second-order valence-corrected chi connectivity index (χ2v) is 9.03. The van der Waals surface area contributed by atoms with Crippen molar-refractivity contribution >= 4 is 15.7 Å². The van der Waals surface area contributed by atoms with E-state index < -0.39 is 10.0 Å². The zero-order valence-corrected chi connectivity index (χ0v) is 18.4. The Morgan fingerprint density at radius 3 is 2.19 bits per heavy atom. The van der Waals surface area contributed by atoms with Crippen molar-refractivity contribution in [3.05, 3.63) is 48.4 Å². The summed E-state index contributed by atoms with van der Waals surface area (Å²) in [7, 11) is -0.622. The van der Waals surface area contributed by atoms with Crippen molar-refractivity contribution < 1.29 is 22.4 Å². The summed E-state index contributed by atoms with van der Waals surface area (Å²) in [6, 6.07) is 12.5. The third-order valence-electron chi connectivity index (χ3n) is 5.25. The number of aryl methyl sites for hydroxylation is 1. The maximum absolute atomic E-state index is 13.1. The molecule has 3 aromatic rings. The van der Waals surface area contributed by atoms with Gasteiger partial charge in [-0.15, -0.1) is 0 Å². The number of aromatic nitrogens is 2. The van der Waals surface area contributed by atoms with E-state index in [0.29, 0.717) is 49.4 Å². The van der Waals surface area contributed by atoms with E-state index >= 15 is 0 Å². The van der Waals surface area contributed by atoms with Gasteiger partial charge < -0.3 is 18.9 Å². The first-order valence-electron chi connectivity index (χ1n) is 9.80. The highest BCUT2D eigenvalue weighted by Gasteiger charge is 2.29. The minimum Gasteiger partial charge on any atom is -0.493 e. The summed E-state index contributed by atoms with van der Waals surface area (Å²) in [6.45, 7) is 3.71. The number of sulfonamides is 1. The molecule has 1 aromatic heterocycles. The van der Waals surface area contributed by atoms with Crippen LogP contribution in [0.3, 0.4) is 0 Å². The van der Waals surface area contributed by atoms with Crippen LogP contribution in [-0.4, -0.2) is 63.3 Å². The molecular formula is C21H24N4O5S. The number of ether oxygens (including phenoxy) is 2. The van der Waals surface area contributed by atoms with E-state index in [9.17, 15) is 8.42 Å². The molecule has 2 aromatic carbocycles. The standard InChI is InChI=1S/C21H24N4O5S/c1-15-22-21(23-30-15)16-4-6-17(7-5-16)24-10-12-25(13-11-24)31(26,27)18-8-9-19(28-2)20(14-18)29-3/h4-9,14H,10-13H2,1-3H3. The number of anilines is 1. The molecule has 0 atom stereocenters. The fourth-order valence-electron chi connectivity index (χ4n) is 3.55. The van der Waals surface area contributed by atoms with Gasteiger partial charge in [0.25, 0.3) is 0 Å². The highest BCUT2D eigenvalue weighted by atomic mass is 32.2. The summed E-state index contributed by atoms with van der Waals surface area (Å²) in [4.78, 5) is 6.58. The van der Waals surface area contributed by atoms with Gasteiger partial charge >= 0.3 is 0 Å². The van der Waals surface area contributed by atoms with Gasteiger partial charge in [0.2, 0.25) is 21.7 Å². The Morgan fingerprint density at radius 2 is 1.61 bits per heavy atom. The molecule has 1 aliphatic rings. The molecule has 0 radical (unpaired) electrons. The lowest BCUT2D eigenvalue weighted by molar-refractivity contribution is 0.353. The van der Waals surface area contributed by atoms with Crippen LogP contribution in [0.2, 0.25) is 0 Å². The minimum absolute atomic E-state index is 0.193. The quantitative estimate of drug-likeness (QED) is 0.572. The molecule has 9 nitrogen and oxygen atoms in total. The molecule has 1 fully saturated rings. The van der Waals surface area contributed by atoms with Gasteiger partial charge in [-0.25, -0.2) is 8.42 Å². The van der Waals surface area contributed by atoms with E-state index in [1.165, 1.54) is 24.6 Å².